The summed E-state index contributed by atoms with van der Waals surface area (Å²) in [4.78, 5) is 28.7. The number of anilines is 1. The number of carbonyl (C=O) groups excluding carboxylic acids is 1. The summed E-state index contributed by atoms with van der Waals surface area (Å²) in [6.07, 6.45) is 1.26. The highest BCUT2D eigenvalue weighted by atomic mass is 19.1. The van der Waals surface area contributed by atoms with Crippen molar-refractivity contribution in [3.05, 3.63) is 88.2 Å². The molecule has 2 heterocycles. The first-order valence-corrected chi connectivity index (χ1v) is 10.1. The number of pyridine rings is 1. The van der Waals surface area contributed by atoms with Crippen LogP contribution in [0.2, 0.25) is 0 Å². The first kappa shape index (κ1) is 21.2. The maximum atomic E-state index is 14.2. The Morgan fingerprint density at radius 1 is 1.06 bits per heavy atom. The minimum atomic E-state index is -0.547. The number of rotatable bonds is 4. The van der Waals surface area contributed by atoms with Gasteiger partial charge >= 0.3 is 0 Å². The lowest BCUT2D eigenvalue weighted by atomic mass is 10.1. The normalized spacial score (nSPS) is 13.8. The predicted octanol–water partition coefficient (Wildman–Crippen LogP) is 3.03. The van der Waals surface area contributed by atoms with Crippen molar-refractivity contribution < 1.29 is 13.6 Å². The second kappa shape index (κ2) is 8.63. The first-order valence-electron chi connectivity index (χ1n) is 10.1. The molecular formula is C24H20F2N4O2. The Kier molecular flexibility index (Phi) is 5.73. The third-order valence-corrected chi connectivity index (χ3v) is 5.65. The molecule has 0 saturated carbocycles. The van der Waals surface area contributed by atoms with Crippen molar-refractivity contribution in [2.24, 2.45) is 0 Å². The van der Waals surface area contributed by atoms with E-state index in [-0.39, 0.29) is 18.0 Å². The fourth-order valence-corrected chi connectivity index (χ4v) is 4.05. The molecule has 3 aromatic rings. The smallest absolute Gasteiger partial charge is 0.271 e. The van der Waals surface area contributed by atoms with Crippen molar-refractivity contribution in [1.29, 1.82) is 5.26 Å². The topological polar surface area (TPSA) is 69.3 Å². The van der Waals surface area contributed by atoms with E-state index in [1.165, 1.54) is 34.9 Å². The largest absolute Gasteiger partial charge is 0.366 e. The fourth-order valence-electron chi connectivity index (χ4n) is 4.05. The number of carbonyl (C=O) groups is 1. The average molecular weight is 434 g/mol. The highest BCUT2D eigenvalue weighted by Crippen LogP contribution is 2.30. The Bertz CT molecular complexity index is 1300. The van der Waals surface area contributed by atoms with Gasteiger partial charge in [-0.1, -0.05) is 18.7 Å². The van der Waals surface area contributed by atoms with Gasteiger partial charge in [-0.15, -0.1) is 0 Å². The quantitative estimate of drug-likeness (QED) is 0.592. The van der Waals surface area contributed by atoms with Gasteiger partial charge in [0.1, 0.15) is 23.3 Å². The van der Waals surface area contributed by atoms with Crippen LogP contribution in [0.1, 0.15) is 11.1 Å². The third kappa shape index (κ3) is 3.85. The van der Waals surface area contributed by atoms with Gasteiger partial charge < -0.3 is 14.4 Å². The Hall–Kier alpha value is -3.99. The number of piperazine rings is 1. The molecule has 6 nitrogen and oxygen atoms in total. The molecule has 32 heavy (non-hydrogen) atoms. The van der Waals surface area contributed by atoms with Crippen LogP contribution < -0.4 is 10.5 Å². The van der Waals surface area contributed by atoms with E-state index in [2.05, 4.69) is 6.58 Å². The highest BCUT2D eigenvalue weighted by Gasteiger charge is 2.26. The summed E-state index contributed by atoms with van der Waals surface area (Å²) >= 11 is 0. The second-order valence-corrected chi connectivity index (χ2v) is 7.53. The maximum Gasteiger partial charge on any atom is 0.271 e. The molecule has 0 radical (unpaired) electrons. The maximum absolute atomic E-state index is 14.2. The van der Waals surface area contributed by atoms with E-state index in [1.54, 1.807) is 23.1 Å². The molecule has 1 saturated heterocycles. The van der Waals surface area contributed by atoms with Crippen molar-refractivity contribution in [3.8, 4) is 6.07 Å². The SMILES string of the molecule is C=CC(=O)N1CCN(c2c(C#N)c(=O)n(Cc3ccc(F)cc3)c3cc(F)ccc23)CC1. The summed E-state index contributed by atoms with van der Waals surface area (Å²) in [5.74, 6) is -1.09. The second-order valence-electron chi connectivity index (χ2n) is 7.53. The minimum Gasteiger partial charge on any atom is -0.366 e. The number of halogens is 2. The summed E-state index contributed by atoms with van der Waals surface area (Å²) < 4.78 is 28.8. The zero-order chi connectivity index (χ0) is 22.8. The Morgan fingerprint density at radius 2 is 1.72 bits per heavy atom. The monoisotopic (exact) mass is 434 g/mol. The summed E-state index contributed by atoms with van der Waals surface area (Å²) in [5, 5.41) is 10.4. The number of fused-ring (bicyclic) bond motifs is 1. The molecule has 4 rings (SSSR count). The van der Waals surface area contributed by atoms with Crippen molar-refractivity contribution in [3.63, 3.8) is 0 Å². The van der Waals surface area contributed by atoms with Gasteiger partial charge in [0.25, 0.3) is 5.56 Å². The van der Waals surface area contributed by atoms with Crippen LogP contribution in [-0.2, 0) is 11.3 Å². The summed E-state index contributed by atoms with van der Waals surface area (Å²) in [7, 11) is 0. The van der Waals surface area contributed by atoms with Gasteiger partial charge in [0.05, 0.1) is 17.7 Å². The third-order valence-electron chi connectivity index (χ3n) is 5.65. The minimum absolute atomic E-state index is 0.0466. The molecular weight excluding hydrogens is 414 g/mol. The average Bonchev–Trinajstić information content (AvgIpc) is 2.81. The number of nitrogens with zero attached hydrogens (tertiary/aromatic N) is 4. The number of aromatic nitrogens is 1. The Morgan fingerprint density at radius 3 is 2.34 bits per heavy atom. The van der Waals surface area contributed by atoms with Gasteiger partial charge in [0.15, 0.2) is 0 Å². The lowest BCUT2D eigenvalue weighted by Gasteiger charge is -2.36. The molecule has 0 atom stereocenters. The van der Waals surface area contributed by atoms with E-state index in [1.807, 2.05) is 11.0 Å². The predicted molar refractivity (Wildman–Crippen MR) is 117 cm³/mol. The summed E-state index contributed by atoms with van der Waals surface area (Å²) in [5.41, 5.74) is 0.836. The zero-order valence-corrected chi connectivity index (χ0v) is 17.2. The first-order chi connectivity index (χ1) is 15.4. The van der Waals surface area contributed by atoms with Gasteiger partial charge in [-0.3, -0.25) is 9.59 Å². The molecule has 0 unspecified atom stereocenters. The number of amides is 1. The lowest BCUT2D eigenvalue weighted by Crippen LogP contribution is -2.49. The van der Waals surface area contributed by atoms with Crippen molar-refractivity contribution in [1.82, 2.24) is 9.47 Å². The van der Waals surface area contributed by atoms with Gasteiger partial charge in [0, 0.05) is 31.6 Å². The van der Waals surface area contributed by atoms with Crippen molar-refractivity contribution in [2.45, 2.75) is 6.54 Å². The van der Waals surface area contributed by atoms with Gasteiger partial charge in [0.2, 0.25) is 5.91 Å². The van der Waals surface area contributed by atoms with E-state index >= 15 is 0 Å². The molecule has 1 fully saturated rings. The molecule has 0 aliphatic carbocycles. The molecule has 162 valence electrons. The van der Waals surface area contributed by atoms with Gasteiger partial charge in [-0.25, -0.2) is 8.78 Å². The molecule has 8 heteroatoms. The number of benzene rings is 2. The van der Waals surface area contributed by atoms with E-state index in [9.17, 15) is 23.6 Å². The fraction of sp³-hybridized carbons (Fsp3) is 0.208. The number of hydrogen-bond donors (Lipinski definition) is 0. The van der Waals surface area contributed by atoms with Crippen LogP contribution in [0.5, 0.6) is 0 Å². The molecule has 1 aliphatic rings. The van der Waals surface area contributed by atoms with Crippen LogP contribution in [0.4, 0.5) is 14.5 Å². The standard InChI is InChI=1S/C24H20F2N4O2/c1-2-22(31)28-9-11-29(12-10-28)23-19-8-7-18(26)13-21(19)30(24(32)20(23)14-27)15-16-3-5-17(25)6-4-16/h2-8,13H,1,9-12,15H2. The molecule has 0 N–H and O–H groups in total. The van der Waals surface area contributed by atoms with Crippen LogP contribution in [0, 0.1) is 23.0 Å². The highest BCUT2D eigenvalue weighted by molar-refractivity contribution is 5.95. The van der Waals surface area contributed by atoms with E-state index in [0.29, 0.717) is 48.3 Å². The van der Waals surface area contributed by atoms with Crippen LogP contribution in [0.25, 0.3) is 10.9 Å². The van der Waals surface area contributed by atoms with Crippen molar-refractivity contribution >= 4 is 22.5 Å². The molecule has 0 bridgehead atoms. The van der Waals surface area contributed by atoms with Crippen molar-refractivity contribution in [2.75, 3.05) is 31.1 Å². The summed E-state index contributed by atoms with van der Waals surface area (Å²) in [6.45, 7) is 5.23. The van der Waals surface area contributed by atoms with Gasteiger partial charge in [-0.2, -0.15) is 5.26 Å². The molecule has 1 aromatic heterocycles. The molecule has 1 aliphatic heterocycles. The van der Waals surface area contributed by atoms with Crippen LogP contribution in [0.3, 0.4) is 0 Å². The number of nitriles is 1. The van der Waals surface area contributed by atoms with E-state index in [4.69, 9.17) is 0 Å². The number of hydrogen-bond acceptors (Lipinski definition) is 4. The summed E-state index contributed by atoms with van der Waals surface area (Å²) in [6, 6.07) is 11.8. The van der Waals surface area contributed by atoms with Gasteiger partial charge in [-0.05, 0) is 42.0 Å². The van der Waals surface area contributed by atoms with E-state index in [0.717, 1.165) is 0 Å². The van der Waals surface area contributed by atoms with Crippen LogP contribution in [0.15, 0.2) is 59.9 Å². The molecule has 0 spiro atoms. The Labute approximate surface area is 183 Å². The van der Waals surface area contributed by atoms with Crippen LogP contribution >= 0.6 is 0 Å². The van der Waals surface area contributed by atoms with E-state index < -0.39 is 17.2 Å². The zero-order valence-electron chi connectivity index (χ0n) is 17.2. The molecule has 1 amide bonds. The van der Waals surface area contributed by atoms with Crippen LogP contribution in [-0.4, -0.2) is 41.6 Å². The lowest BCUT2D eigenvalue weighted by molar-refractivity contribution is -0.126. The Balaban J connectivity index is 1.84. The molecule has 2 aromatic carbocycles.